The average molecular weight is 298 g/mol. The summed E-state index contributed by atoms with van der Waals surface area (Å²) in [6.07, 6.45) is 6.38. The molecule has 116 valence electrons. The number of hydrogen-bond donors (Lipinski definition) is 0. The predicted octanol–water partition coefficient (Wildman–Crippen LogP) is 4.86. The van der Waals surface area contributed by atoms with E-state index in [0.29, 0.717) is 17.9 Å². The summed E-state index contributed by atoms with van der Waals surface area (Å²) in [5.41, 5.74) is 2.77. The molecular weight excluding hydrogens is 276 g/mol. The van der Waals surface area contributed by atoms with Crippen LogP contribution in [0.5, 0.6) is 5.75 Å². The lowest BCUT2D eigenvalue weighted by Crippen LogP contribution is -1.99. The maximum atomic E-state index is 11.4. The van der Waals surface area contributed by atoms with Crippen molar-refractivity contribution in [2.45, 2.75) is 33.6 Å². The zero-order valence-electron chi connectivity index (χ0n) is 13.4. The normalized spacial score (nSPS) is 11.5. The summed E-state index contributed by atoms with van der Waals surface area (Å²) in [4.78, 5) is 11.4. The molecule has 0 bridgehead atoms. The number of rotatable bonds is 6. The van der Waals surface area contributed by atoms with Gasteiger partial charge in [0.25, 0.3) is 0 Å². The zero-order chi connectivity index (χ0) is 15.9. The molecule has 0 saturated heterocycles. The molecule has 1 aromatic heterocycles. The van der Waals surface area contributed by atoms with Crippen molar-refractivity contribution >= 4 is 11.0 Å². The number of allylic oxidation sites excluding steroid dienone is 3. The Kier molecular flexibility index (Phi) is 5.59. The molecule has 0 N–H and O–H groups in total. The summed E-state index contributed by atoms with van der Waals surface area (Å²) in [5.74, 6) is 0.601. The summed E-state index contributed by atoms with van der Waals surface area (Å²) in [5, 5.41) is 0.862. The summed E-state index contributed by atoms with van der Waals surface area (Å²) in [7, 11) is 0. The largest absolute Gasteiger partial charge is 0.486 e. The lowest BCUT2D eigenvalue weighted by Gasteiger charge is -2.06. The Balaban J connectivity index is 2.01. The van der Waals surface area contributed by atoms with E-state index in [1.807, 2.05) is 18.2 Å². The van der Waals surface area contributed by atoms with Gasteiger partial charge < -0.3 is 9.15 Å². The molecule has 0 radical (unpaired) electrons. The second kappa shape index (κ2) is 7.64. The van der Waals surface area contributed by atoms with Gasteiger partial charge in [0.05, 0.1) is 0 Å². The van der Waals surface area contributed by atoms with Gasteiger partial charge in [0, 0.05) is 11.5 Å². The Bertz CT molecular complexity index is 747. The van der Waals surface area contributed by atoms with Crippen LogP contribution >= 0.6 is 0 Å². The first-order chi connectivity index (χ1) is 10.6. The Morgan fingerprint density at radius 2 is 1.95 bits per heavy atom. The minimum Gasteiger partial charge on any atom is -0.486 e. The quantitative estimate of drug-likeness (QED) is 0.564. The summed E-state index contributed by atoms with van der Waals surface area (Å²) in [6, 6.07) is 8.76. The minimum atomic E-state index is -0.364. The molecule has 3 nitrogen and oxygen atoms in total. The van der Waals surface area contributed by atoms with E-state index in [-0.39, 0.29) is 5.63 Å². The zero-order valence-corrected chi connectivity index (χ0v) is 13.4. The van der Waals surface area contributed by atoms with Crippen molar-refractivity contribution in [1.82, 2.24) is 0 Å². The van der Waals surface area contributed by atoms with Crippen molar-refractivity contribution in [3.05, 3.63) is 64.1 Å². The topological polar surface area (TPSA) is 39.4 Å². The first-order valence-electron chi connectivity index (χ1n) is 7.51. The lowest BCUT2D eigenvalue weighted by atomic mass is 10.1. The fraction of sp³-hybridized carbons (Fsp3) is 0.316. The van der Waals surface area contributed by atoms with Crippen molar-refractivity contribution in [1.29, 1.82) is 0 Å². The number of para-hydroxylation sites is 1. The summed E-state index contributed by atoms with van der Waals surface area (Å²) < 4.78 is 11.0. The highest BCUT2D eigenvalue weighted by Crippen LogP contribution is 2.24. The lowest BCUT2D eigenvalue weighted by molar-refractivity contribution is 0.357. The van der Waals surface area contributed by atoms with Crippen molar-refractivity contribution in [2.24, 2.45) is 0 Å². The molecule has 22 heavy (non-hydrogen) atoms. The van der Waals surface area contributed by atoms with Crippen LogP contribution in [0.3, 0.4) is 0 Å². The number of hydrogen-bond acceptors (Lipinski definition) is 3. The van der Waals surface area contributed by atoms with E-state index < -0.39 is 0 Å². The number of benzene rings is 1. The van der Waals surface area contributed by atoms with Gasteiger partial charge in [-0.1, -0.05) is 29.4 Å². The van der Waals surface area contributed by atoms with E-state index in [1.54, 1.807) is 6.07 Å². The van der Waals surface area contributed by atoms with Crippen LogP contribution in [-0.4, -0.2) is 6.61 Å². The predicted molar refractivity (Wildman–Crippen MR) is 90.4 cm³/mol. The molecule has 0 unspecified atom stereocenters. The fourth-order valence-corrected chi connectivity index (χ4v) is 2.14. The van der Waals surface area contributed by atoms with Crippen LogP contribution in [0.2, 0.25) is 0 Å². The third kappa shape index (κ3) is 4.62. The molecular formula is C19H22O3. The van der Waals surface area contributed by atoms with E-state index in [9.17, 15) is 4.79 Å². The standard InChI is InChI=1S/C19H22O3/c1-14(2)6-4-7-15(3)12-13-21-17-9-5-8-16-10-11-18(20)22-19(16)17/h5-6,8-12H,4,7,13H2,1-3H3/b15-12-. The molecule has 2 rings (SSSR count). The molecule has 0 aliphatic rings. The first-order valence-corrected chi connectivity index (χ1v) is 7.51. The molecule has 3 heteroatoms. The first kappa shape index (κ1) is 16.1. The molecule has 0 aliphatic carbocycles. The third-order valence-corrected chi connectivity index (χ3v) is 3.37. The van der Waals surface area contributed by atoms with Gasteiger partial charge in [-0.15, -0.1) is 0 Å². The van der Waals surface area contributed by atoms with Gasteiger partial charge in [0.1, 0.15) is 6.61 Å². The molecule has 1 heterocycles. The molecule has 2 aromatic rings. The van der Waals surface area contributed by atoms with Gasteiger partial charge >= 0.3 is 5.63 Å². The highest BCUT2D eigenvalue weighted by molar-refractivity contribution is 5.82. The van der Waals surface area contributed by atoms with Crippen molar-refractivity contribution in [3.63, 3.8) is 0 Å². The molecule has 0 aliphatic heterocycles. The third-order valence-electron chi connectivity index (χ3n) is 3.37. The van der Waals surface area contributed by atoms with Gasteiger partial charge in [-0.05, 0) is 51.8 Å². The molecule has 0 spiro atoms. The van der Waals surface area contributed by atoms with Crippen LogP contribution in [0.15, 0.2) is 62.8 Å². The monoisotopic (exact) mass is 298 g/mol. The smallest absolute Gasteiger partial charge is 0.336 e. The van der Waals surface area contributed by atoms with E-state index in [2.05, 4.69) is 32.9 Å². The van der Waals surface area contributed by atoms with E-state index in [1.165, 1.54) is 17.2 Å². The molecule has 0 atom stereocenters. The summed E-state index contributed by atoms with van der Waals surface area (Å²) >= 11 is 0. The Morgan fingerprint density at radius 1 is 1.14 bits per heavy atom. The Hall–Kier alpha value is -2.29. The van der Waals surface area contributed by atoms with Crippen molar-refractivity contribution in [3.8, 4) is 5.75 Å². The van der Waals surface area contributed by atoms with E-state index in [0.717, 1.165) is 18.2 Å². The van der Waals surface area contributed by atoms with Gasteiger partial charge in [-0.25, -0.2) is 4.79 Å². The van der Waals surface area contributed by atoms with Gasteiger partial charge in [0.15, 0.2) is 11.3 Å². The van der Waals surface area contributed by atoms with E-state index >= 15 is 0 Å². The highest BCUT2D eigenvalue weighted by Gasteiger charge is 2.04. The second-order valence-corrected chi connectivity index (χ2v) is 5.61. The van der Waals surface area contributed by atoms with Gasteiger partial charge in [-0.3, -0.25) is 0 Å². The highest BCUT2D eigenvalue weighted by atomic mass is 16.5. The van der Waals surface area contributed by atoms with E-state index in [4.69, 9.17) is 9.15 Å². The average Bonchev–Trinajstić information content (AvgIpc) is 2.47. The minimum absolute atomic E-state index is 0.364. The van der Waals surface area contributed by atoms with Crippen LogP contribution in [-0.2, 0) is 0 Å². The number of ether oxygens (including phenoxy) is 1. The van der Waals surface area contributed by atoms with Crippen LogP contribution < -0.4 is 10.4 Å². The van der Waals surface area contributed by atoms with Crippen LogP contribution in [0, 0.1) is 0 Å². The van der Waals surface area contributed by atoms with Crippen LogP contribution in [0.25, 0.3) is 11.0 Å². The Morgan fingerprint density at radius 3 is 2.73 bits per heavy atom. The van der Waals surface area contributed by atoms with Gasteiger partial charge in [-0.2, -0.15) is 0 Å². The van der Waals surface area contributed by atoms with Gasteiger partial charge in [0.2, 0.25) is 0 Å². The molecule has 0 amide bonds. The molecule has 0 saturated carbocycles. The van der Waals surface area contributed by atoms with Crippen molar-refractivity contribution in [2.75, 3.05) is 6.61 Å². The maximum Gasteiger partial charge on any atom is 0.336 e. The Labute approximate surface area is 130 Å². The second-order valence-electron chi connectivity index (χ2n) is 5.61. The van der Waals surface area contributed by atoms with Crippen LogP contribution in [0.4, 0.5) is 0 Å². The molecule has 0 fully saturated rings. The van der Waals surface area contributed by atoms with Crippen LogP contribution in [0.1, 0.15) is 33.6 Å². The summed E-state index contributed by atoms with van der Waals surface area (Å²) in [6.45, 7) is 6.79. The molecule has 1 aromatic carbocycles. The SMILES string of the molecule is CC(C)=CCC/C(C)=C\COc1cccc2ccc(=O)oc12. The number of fused-ring (bicyclic) bond motifs is 1. The van der Waals surface area contributed by atoms with Crippen molar-refractivity contribution < 1.29 is 9.15 Å². The fourth-order valence-electron chi connectivity index (χ4n) is 2.14. The maximum absolute atomic E-state index is 11.4.